The summed E-state index contributed by atoms with van der Waals surface area (Å²) >= 11 is 0. The SMILES string of the molecule is CCN(c1ccccc1)S(=O)(=O)c1cc(CN)ccc1C. The topological polar surface area (TPSA) is 63.4 Å². The van der Waals surface area contributed by atoms with Crippen molar-refractivity contribution in [3.63, 3.8) is 0 Å². The Morgan fingerprint density at radius 2 is 1.76 bits per heavy atom. The quantitative estimate of drug-likeness (QED) is 0.923. The van der Waals surface area contributed by atoms with Crippen molar-refractivity contribution in [1.82, 2.24) is 0 Å². The number of anilines is 1. The highest BCUT2D eigenvalue weighted by Crippen LogP contribution is 2.26. The molecule has 0 aliphatic rings. The van der Waals surface area contributed by atoms with Gasteiger partial charge < -0.3 is 5.73 Å². The molecule has 0 bridgehead atoms. The number of hydrogen-bond donors (Lipinski definition) is 1. The third-order valence-electron chi connectivity index (χ3n) is 3.39. The first kappa shape index (κ1) is 15.5. The van der Waals surface area contributed by atoms with E-state index in [9.17, 15) is 8.42 Å². The summed E-state index contributed by atoms with van der Waals surface area (Å²) in [6.07, 6.45) is 0. The zero-order valence-corrected chi connectivity index (χ0v) is 13.1. The minimum Gasteiger partial charge on any atom is -0.326 e. The van der Waals surface area contributed by atoms with Crippen molar-refractivity contribution in [3.05, 3.63) is 59.7 Å². The standard InChI is InChI=1S/C16H20N2O2S/c1-3-18(15-7-5-4-6-8-15)21(19,20)16-11-14(12-17)10-9-13(16)2/h4-11H,3,12,17H2,1-2H3. The second kappa shape index (κ2) is 6.28. The largest absolute Gasteiger partial charge is 0.326 e. The van der Waals surface area contributed by atoms with Crippen molar-refractivity contribution in [3.8, 4) is 0 Å². The van der Waals surface area contributed by atoms with E-state index in [0.717, 1.165) is 11.1 Å². The molecule has 2 aromatic rings. The van der Waals surface area contributed by atoms with Crippen LogP contribution in [-0.4, -0.2) is 15.0 Å². The van der Waals surface area contributed by atoms with E-state index in [1.807, 2.05) is 31.2 Å². The highest BCUT2D eigenvalue weighted by atomic mass is 32.2. The number of benzene rings is 2. The number of para-hydroxylation sites is 1. The lowest BCUT2D eigenvalue weighted by Gasteiger charge is -2.24. The van der Waals surface area contributed by atoms with Crippen LogP contribution in [0.5, 0.6) is 0 Å². The first-order valence-corrected chi connectivity index (χ1v) is 8.32. The van der Waals surface area contributed by atoms with Crippen LogP contribution in [0.25, 0.3) is 0 Å². The van der Waals surface area contributed by atoms with Crippen molar-refractivity contribution >= 4 is 15.7 Å². The molecule has 0 unspecified atom stereocenters. The fourth-order valence-electron chi connectivity index (χ4n) is 2.25. The van der Waals surface area contributed by atoms with Gasteiger partial charge in [0.1, 0.15) is 0 Å². The molecule has 0 aliphatic heterocycles. The molecule has 2 rings (SSSR count). The van der Waals surface area contributed by atoms with Crippen molar-refractivity contribution in [2.45, 2.75) is 25.3 Å². The molecule has 0 saturated heterocycles. The molecule has 0 heterocycles. The van der Waals surface area contributed by atoms with Gasteiger partial charge in [-0.3, -0.25) is 4.31 Å². The van der Waals surface area contributed by atoms with Crippen LogP contribution >= 0.6 is 0 Å². The first-order chi connectivity index (χ1) is 10.0. The second-order valence-corrected chi connectivity index (χ2v) is 6.64. The van der Waals surface area contributed by atoms with Gasteiger partial charge in [-0.25, -0.2) is 8.42 Å². The van der Waals surface area contributed by atoms with E-state index < -0.39 is 10.0 Å². The molecule has 5 heteroatoms. The normalized spacial score (nSPS) is 11.4. The predicted octanol–water partition coefficient (Wildman–Crippen LogP) is 2.67. The van der Waals surface area contributed by atoms with Gasteiger partial charge in [-0.15, -0.1) is 0 Å². The van der Waals surface area contributed by atoms with Crippen LogP contribution in [-0.2, 0) is 16.6 Å². The molecule has 112 valence electrons. The molecule has 0 spiro atoms. The molecule has 21 heavy (non-hydrogen) atoms. The zero-order chi connectivity index (χ0) is 15.5. The lowest BCUT2D eigenvalue weighted by molar-refractivity contribution is 0.591. The fourth-order valence-corrected chi connectivity index (χ4v) is 4.01. The highest BCUT2D eigenvalue weighted by Gasteiger charge is 2.25. The lowest BCUT2D eigenvalue weighted by Crippen LogP contribution is -2.31. The molecule has 0 amide bonds. The van der Waals surface area contributed by atoms with Gasteiger partial charge in [0.05, 0.1) is 10.6 Å². The van der Waals surface area contributed by atoms with E-state index >= 15 is 0 Å². The van der Waals surface area contributed by atoms with Gasteiger partial charge >= 0.3 is 0 Å². The maximum absolute atomic E-state index is 12.9. The molecule has 0 aliphatic carbocycles. The van der Waals surface area contributed by atoms with Crippen LogP contribution in [0.4, 0.5) is 5.69 Å². The molecule has 0 saturated carbocycles. The second-order valence-electron chi connectivity index (χ2n) is 4.81. The van der Waals surface area contributed by atoms with E-state index in [1.165, 1.54) is 4.31 Å². The summed E-state index contributed by atoms with van der Waals surface area (Å²) in [4.78, 5) is 0.316. The first-order valence-electron chi connectivity index (χ1n) is 6.88. The maximum Gasteiger partial charge on any atom is 0.264 e. The number of rotatable bonds is 5. The number of nitrogens with two attached hydrogens (primary N) is 1. The van der Waals surface area contributed by atoms with Crippen molar-refractivity contribution in [1.29, 1.82) is 0 Å². The lowest BCUT2D eigenvalue weighted by atomic mass is 10.1. The van der Waals surface area contributed by atoms with E-state index in [4.69, 9.17) is 5.73 Å². The molecule has 4 nitrogen and oxygen atoms in total. The van der Waals surface area contributed by atoms with Gasteiger partial charge in [0.2, 0.25) is 0 Å². The monoisotopic (exact) mass is 304 g/mol. The Balaban J connectivity index is 2.55. The van der Waals surface area contributed by atoms with Gasteiger partial charge in [-0.05, 0) is 43.2 Å². The van der Waals surface area contributed by atoms with Gasteiger partial charge in [0.15, 0.2) is 0 Å². The Morgan fingerprint density at radius 3 is 2.33 bits per heavy atom. The Labute approximate surface area is 126 Å². The van der Waals surface area contributed by atoms with Crippen LogP contribution in [0.3, 0.4) is 0 Å². The van der Waals surface area contributed by atoms with Crippen LogP contribution < -0.4 is 10.0 Å². The third kappa shape index (κ3) is 3.09. The molecule has 2 N–H and O–H groups in total. The van der Waals surface area contributed by atoms with Gasteiger partial charge in [0.25, 0.3) is 10.0 Å². The van der Waals surface area contributed by atoms with E-state index in [-0.39, 0.29) is 0 Å². The Bertz CT molecular complexity index is 712. The van der Waals surface area contributed by atoms with Crippen LogP contribution in [0.1, 0.15) is 18.1 Å². The molecule has 0 fully saturated rings. The molecule has 0 aromatic heterocycles. The predicted molar refractivity (Wildman–Crippen MR) is 85.7 cm³/mol. The average Bonchev–Trinajstić information content (AvgIpc) is 2.49. The number of hydrogen-bond acceptors (Lipinski definition) is 3. The summed E-state index contributed by atoms with van der Waals surface area (Å²) in [7, 11) is -3.59. The van der Waals surface area contributed by atoms with Crippen molar-refractivity contribution in [2.24, 2.45) is 5.73 Å². The Morgan fingerprint density at radius 1 is 1.10 bits per heavy atom. The molecule has 2 aromatic carbocycles. The Kier molecular flexibility index (Phi) is 4.65. The number of nitrogens with zero attached hydrogens (tertiary/aromatic N) is 1. The van der Waals surface area contributed by atoms with Crippen molar-refractivity contribution < 1.29 is 8.42 Å². The average molecular weight is 304 g/mol. The molecule has 0 radical (unpaired) electrons. The summed E-state index contributed by atoms with van der Waals surface area (Å²) in [6, 6.07) is 14.4. The van der Waals surface area contributed by atoms with Gasteiger partial charge in [-0.2, -0.15) is 0 Å². The summed E-state index contributed by atoms with van der Waals surface area (Å²) in [5, 5.41) is 0. The molecule has 0 atom stereocenters. The molecular weight excluding hydrogens is 284 g/mol. The minimum absolute atomic E-state index is 0.316. The maximum atomic E-state index is 12.9. The minimum atomic E-state index is -3.59. The summed E-state index contributed by atoms with van der Waals surface area (Å²) in [5.74, 6) is 0. The third-order valence-corrected chi connectivity index (χ3v) is 5.43. The van der Waals surface area contributed by atoms with Gasteiger partial charge in [-0.1, -0.05) is 30.3 Å². The molecular formula is C16H20N2O2S. The Hall–Kier alpha value is -1.85. The van der Waals surface area contributed by atoms with Crippen LogP contribution in [0.2, 0.25) is 0 Å². The zero-order valence-electron chi connectivity index (χ0n) is 12.3. The van der Waals surface area contributed by atoms with E-state index in [2.05, 4.69) is 0 Å². The van der Waals surface area contributed by atoms with Crippen LogP contribution in [0.15, 0.2) is 53.4 Å². The van der Waals surface area contributed by atoms with Crippen LogP contribution in [0, 0.1) is 6.92 Å². The van der Waals surface area contributed by atoms with Crippen molar-refractivity contribution in [2.75, 3.05) is 10.8 Å². The van der Waals surface area contributed by atoms with E-state index in [1.54, 1.807) is 31.2 Å². The number of sulfonamides is 1. The summed E-state index contributed by atoms with van der Waals surface area (Å²) in [5.41, 5.74) is 7.82. The van der Waals surface area contributed by atoms with E-state index in [0.29, 0.717) is 23.7 Å². The summed E-state index contributed by atoms with van der Waals surface area (Å²) in [6.45, 7) is 4.32. The fraction of sp³-hybridized carbons (Fsp3) is 0.250. The van der Waals surface area contributed by atoms with Gasteiger partial charge in [0, 0.05) is 13.1 Å². The smallest absolute Gasteiger partial charge is 0.264 e. The highest BCUT2D eigenvalue weighted by molar-refractivity contribution is 7.92. The summed E-state index contributed by atoms with van der Waals surface area (Å²) < 4.78 is 27.3. The number of aryl methyl sites for hydroxylation is 1.